The van der Waals surface area contributed by atoms with Crippen LogP contribution >= 0.6 is 11.8 Å². The molecule has 0 saturated heterocycles. The highest BCUT2D eigenvalue weighted by atomic mass is 32.2. The van der Waals surface area contributed by atoms with Gasteiger partial charge in [0.05, 0.1) is 5.25 Å². The van der Waals surface area contributed by atoms with E-state index < -0.39 is 11.6 Å². The summed E-state index contributed by atoms with van der Waals surface area (Å²) in [7, 11) is 1.65. The average Bonchev–Trinajstić information content (AvgIpc) is 2.93. The van der Waals surface area contributed by atoms with E-state index in [9.17, 15) is 13.6 Å². The Morgan fingerprint density at radius 1 is 1.27 bits per heavy atom. The summed E-state index contributed by atoms with van der Waals surface area (Å²) in [5.41, 5.74) is 1.49. The number of rotatable bonds is 3. The van der Waals surface area contributed by atoms with Gasteiger partial charge in [0.25, 0.3) is 0 Å². The van der Waals surface area contributed by atoms with Gasteiger partial charge in [-0.3, -0.25) is 4.79 Å². The number of hydrogen-bond acceptors (Lipinski definition) is 2. The molecule has 0 aliphatic carbocycles. The van der Waals surface area contributed by atoms with E-state index in [1.165, 1.54) is 22.6 Å². The van der Waals surface area contributed by atoms with Crippen LogP contribution in [-0.2, 0) is 17.8 Å². The van der Waals surface area contributed by atoms with E-state index in [4.69, 9.17) is 0 Å². The van der Waals surface area contributed by atoms with Crippen LogP contribution in [0.25, 0.3) is 0 Å². The molecule has 1 unspecified atom stereocenters. The van der Waals surface area contributed by atoms with Gasteiger partial charge < -0.3 is 4.90 Å². The molecule has 1 aliphatic heterocycles. The van der Waals surface area contributed by atoms with E-state index in [0.29, 0.717) is 12.0 Å². The van der Waals surface area contributed by atoms with Crippen LogP contribution in [0.4, 0.5) is 8.78 Å². The number of benzene rings is 2. The van der Waals surface area contributed by atoms with Crippen molar-refractivity contribution in [1.82, 2.24) is 4.90 Å². The quantitative estimate of drug-likeness (QED) is 0.861. The van der Waals surface area contributed by atoms with Crippen molar-refractivity contribution in [2.24, 2.45) is 0 Å². The topological polar surface area (TPSA) is 20.3 Å². The molecule has 1 heterocycles. The van der Waals surface area contributed by atoms with Gasteiger partial charge in [-0.15, -0.1) is 11.8 Å². The summed E-state index contributed by atoms with van der Waals surface area (Å²) in [4.78, 5) is 15.1. The van der Waals surface area contributed by atoms with Gasteiger partial charge in [0.2, 0.25) is 5.91 Å². The number of amides is 1. The number of halogens is 2. The lowest BCUT2D eigenvalue weighted by Crippen LogP contribution is -2.34. The first-order chi connectivity index (χ1) is 10.5. The van der Waals surface area contributed by atoms with Crippen LogP contribution in [0, 0.1) is 11.6 Å². The lowest BCUT2D eigenvalue weighted by Gasteiger charge is -2.21. The SMILES string of the molecule is CN(Cc1ccc(F)cc1F)C(=O)C1Cc2ccccc2S1. The molecular weight excluding hydrogens is 304 g/mol. The van der Waals surface area contributed by atoms with Crippen LogP contribution in [0.5, 0.6) is 0 Å². The summed E-state index contributed by atoms with van der Waals surface area (Å²) < 4.78 is 26.6. The molecule has 3 rings (SSSR count). The third-order valence-electron chi connectivity index (χ3n) is 3.72. The van der Waals surface area contributed by atoms with Crippen molar-refractivity contribution in [3.05, 3.63) is 65.2 Å². The number of carbonyl (C=O) groups is 1. The molecule has 2 aromatic rings. The Bertz CT molecular complexity index is 695. The molecule has 2 aromatic carbocycles. The lowest BCUT2D eigenvalue weighted by atomic mass is 10.1. The number of hydrogen-bond donors (Lipinski definition) is 0. The van der Waals surface area contributed by atoms with Crippen molar-refractivity contribution in [1.29, 1.82) is 0 Å². The zero-order valence-electron chi connectivity index (χ0n) is 12.1. The third kappa shape index (κ3) is 2.99. The van der Waals surface area contributed by atoms with E-state index >= 15 is 0 Å². The Morgan fingerprint density at radius 2 is 2.05 bits per heavy atom. The molecule has 114 valence electrons. The highest BCUT2D eigenvalue weighted by Crippen LogP contribution is 2.37. The van der Waals surface area contributed by atoms with Crippen molar-refractivity contribution in [2.75, 3.05) is 7.05 Å². The van der Waals surface area contributed by atoms with E-state index in [0.717, 1.165) is 11.0 Å². The maximum atomic E-state index is 13.7. The molecule has 22 heavy (non-hydrogen) atoms. The number of nitrogens with zero attached hydrogens (tertiary/aromatic N) is 1. The van der Waals surface area contributed by atoms with Gasteiger partial charge in [0, 0.05) is 30.1 Å². The summed E-state index contributed by atoms with van der Waals surface area (Å²) in [6, 6.07) is 11.4. The van der Waals surface area contributed by atoms with Gasteiger partial charge in [0.1, 0.15) is 11.6 Å². The number of carbonyl (C=O) groups excluding carboxylic acids is 1. The minimum Gasteiger partial charge on any atom is -0.340 e. The lowest BCUT2D eigenvalue weighted by molar-refractivity contribution is -0.129. The Hall–Kier alpha value is -1.88. The fourth-order valence-electron chi connectivity index (χ4n) is 2.55. The fraction of sp³-hybridized carbons (Fsp3) is 0.235. The predicted molar refractivity (Wildman–Crippen MR) is 82.6 cm³/mol. The van der Waals surface area contributed by atoms with Gasteiger partial charge in [0.15, 0.2) is 0 Å². The van der Waals surface area contributed by atoms with E-state index in [2.05, 4.69) is 0 Å². The smallest absolute Gasteiger partial charge is 0.236 e. The van der Waals surface area contributed by atoms with Gasteiger partial charge >= 0.3 is 0 Å². The summed E-state index contributed by atoms with van der Waals surface area (Å²) in [6.07, 6.45) is 0.690. The first-order valence-corrected chi connectivity index (χ1v) is 7.86. The largest absolute Gasteiger partial charge is 0.340 e. The highest BCUT2D eigenvalue weighted by Gasteiger charge is 2.30. The second-order valence-corrected chi connectivity index (χ2v) is 6.59. The number of thioether (sulfide) groups is 1. The van der Waals surface area contributed by atoms with Crippen molar-refractivity contribution in [3.8, 4) is 0 Å². The van der Waals surface area contributed by atoms with Crippen LogP contribution < -0.4 is 0 Å². The first-order valence-electron chi connectivity index (χ1n) is 6.98. The van der Waals surface area contributed by atoms with E-state index in [-0.39, 0.29) is 17.7 Å². The molecule has 0 fully saturated rings. The molecule has 0 N–H and O–H groups in total. The predicted octanol–water partition coefficient (Wildman–Crippen LogP) is 3.64. The van der Waals surface area contributed by atoms with Crippen LogP contribution in [0.1, 0.15) is 11.1 Å². The summed E-state index contributed by atoms with van der Waals surface area (Å²) in [6.45, 7) is 0.137. The molecule has 1 atom stereocenters. The van der Waals surface area contributed by atoms with Crippen molar-refractivity contribution in [3.63, 3.8) is 0 Å². The summed E-state index contributed by atoms with van der Waals surface area (Å²) >= 11 is 1.54. The minimum absolute atomic E-state index is 0.0371. The normalized spacial score (nSPS) is 16.4. The fourth-order valence-corrected chi connectivity index (χ4v) is 3.86. The van der Waals surface area contributed by atoms with Crippen LogP contribution in [0.15, 0.2) is 47.4 Å². The molecule has 0 radical (unpaired) electrons. The molecular formula is C17H15F2NOS. The van der Waals surface area contributed by atoms with Crippen LogP contribution in [0.2, 0.25) is 0 Å². The number of fused-ring (bicyclic) bond motifs is 1. The Morgan fingerprint density at radius 3 is 2.77 bits per heavy atom. The van der Waals surface area contributed by atoms with Crippen molar-refractivity contribution < 1.29 is 13.6 Å². The zero-order chi connectivity index (χ0) is 15.7. The average molecular weight is 319 g/mol. The maximum absolute atomic E-state index is 13.7. The van der Waals surface area contributed by atoms with Gasteiger partial charge in [-0.2, -0.15) is 0 Å². The summed E-state index contributed by atoms with van der Waals surface area (Å²) in [5.74, 6) is -1.27. The minimum atomic E-state index is -0.623. The first kappa shape index (κ1) is 15.0. The standard InChI is InChI=1S/C17H15F2NOS/c1-20(10-12-6-7-13(18)9-14(12)19)17(21)16-8-11-4-2-3-5-15(11)22-16/h2-7,9,16H,8,10H2,1H3. The molecule has 0 spiro atoms. The van der Waals surface area contributed by atoms with Crippen LogP contribution in [0.3, 0.4) is 0 Å². The van der Waals surface area contributed by atoms with Gasteiger partial charge in [-0.25, -0.2) is 8.78 Å². The van der Waals surface area contributed by atoms with E-state index in [1.807, 2.05) is 24.3 Å². The third-order valence-corrected chi connectivity index (χ3v) is 5.03. The molecule has 0 bridgehead atoms. The van der Waals surface area contributed by atoms with Gasteiger partial charge in [-0.1, -0.05) is 24.3 Å². The second kappa shape index (κ2) is 6.08. The Balaban J connectivity index is 1.68. The maximum Gasteiger partial charge on any atom is 0.236 e. The molecule has 5 heteroatoms. The van der Waals surface area contributed by atoms with E-state index in [1.54, 1.807) is 18.8 Å². The van der Waals surface area contributed by atoms with Crippen molar-refractivity contribution in [2.45, 2.75) is 23.1 Å². The Labute approximate surface area is 132 Å². The van der Waals surface area contributed by atoms with Crippen LogP contribution in [-0.4, -0.2) is 23.1 Å². The summed E-state index contributed by atoms with van der Waals surface area (Å²) in [5, 5.41) is -0.175. The Kier molecular flexibility index (Phi) is 4.16. The molecule has 2 nitrogen and oxygen atoms in total. The molecule has 1 amide bonds. The van der Waals surface area contributed by atoms with Crippen molar-refractivity contribution >= 4 is 17.7 Å². The molecule has 0 saturated carbocycles. The molecule has 0 aromatic heterocycles. The highest BCUT2D eigenvalue weighted by molar-refractivity contribution is 8.01. The zero-order valence-corrected chi connectivity index (χ0v) is 12.9. The monoisotopic (exact) mass is 319 g/mol. The molecule has 1 aliphatic rings. The van der Waals surface area contributed by atoms with Gasteiger partial charge in [-0.05, 0) is 24.1 Å². The second-order valence-electron chi connectivity index (χ2n) is 5.35.